The lowest BCUT2D eigenvalue weighted by Crippen LogP contribution is -2.22. The second-order valence-electron chi connectivity index (χ2n) is 1.93. The van der Waals surface area contributed by atoms with Gasteiger partial charge in [0.05, 0.1) is 0 Å². The molecular weight excluding hydrogens is 115 g/mol. The van der Waals surface area contributed by atoms with Crippen LogP contribution in [0.3, 0.4) is 0 Å². The molecule has 0 rings (SSSR count). The molecule has 0 aliphatic rings. The first-order valence-corrected chi connectivity index (χ1v) is 2.94. The van der Waals surface area contributed by atoms with Crippen molar-refractivity contribution in [3.05, 3.63) is 12.7 Å². The quantitative estimate of drug-likeness (QED) is 0.420. The summed E-state index contributed by atoms with van der Waals surface area (Å²) >= 11 is 0. The molecule has 0 saturated heterocycles. The van der Waals surface area contributed by atoms with Gasteiger partial charge in [0.1, 0.15) is 0 Å². The van der Waals surface area contributed by atoms with Crippen molar-refractivity contribution in [3.8, 4) is 0 Å². The third-order valence-electron chi connectivity index (χ3n) is 1.27. The van der Waals surface area contributed by atoms with E-state index in [1.54, 1.807) is 20.3 Å². The van der Waals surface area contributed by atoms with Crippen LogP contribution in [-0.2, 0) is 9.31 Å². The van der Waals surface area contributed by atoms with Gasteiger partial charge in [0.15, 0.2) is 0 Å². The van der Waals surface area contributed by atoms with E-state index in [1.165, 1.54) is 0 Å². The summed E-state index contributed by atoms with van der Waals surface area (Å²) in [5.41, 5.74) is 0. The van der Waals surface area contributed by atoms with Crippen molar-refractivity contribution in [1.82, 2.24) is 0 Å². The van der Waals surface area contributed by atoms with Crippen molar-refractivity contribution >= 4 is 7.12 Å². The Labute approximate surface area is 57.0 Å². The zero-order valence-electron chi connectivity index (χ0n) is 6.26. The fraction of sp³-hybridized carbons (Fsp3) is 0.667. The van der Waals surface area contributed by atoms with Crippen LogP contribution in [0.25, 0.3) is 0 Å². The summed E-state index contributed by atoms with van der Waals surface area (Å²) in [4.78, 5) is 0. The normalized spacial score (nSPS) is 12.8. The molecule has 0 fully saturated rings. The van der Waals surface area contributed by atoms with E-state index in [1.807, 2.05) is 6.92 Å². The minimum Gasteiger partial charge on any atom is -0.414 e. The Morgan fingerprint density at radius 1 is 1.44 bits per heavy atom. The molecule has 0 aromatic carbocycles. The van der Waals surface area contributed by atoms with Gasteiger partial charge in [0.25, 0.3) is 0 Å². The molecule has 0 aromatic heterocycles. The van der Waals surface area contributed by atoms with Gasteiger partial charge in [0.2, 0.25) is 0 Å². The van der Waals surface area contributed by atoms with Crippen molar-refractivity contribution in [2.24, 2.45) is 0 Å². The molecule has 0 saturated carbocycles. The van der Waals surface area contributed by atoms with Gasteiger partial charge in [-0.05, 0) is 0 Å². The van der Waals surface area contributed by atoms with Crippen molar-refractivity contribution in [2.75, 3.05) is 14.2 Å². The van der Waals surface area contributed by atoms with Crippen LogP contribution in [0.5, 0.6) is 0 Å². The molecule has 0 amide bonds. The Morgan fingerprint density at radius 2 is 1.89 bits per heavy atom. The van der Waals surface area contributed by atoms with E-state index >= 15 is 0 Å². The summed E-state index contributed by atoms with van der Waals surface area (Å²) < 4.78 is 9.92. The van der Waals surface area contributed by atoms with Crippen molar-refractivity contribution in [1.29, 1.82) is 0 Å². The van der Waals surface area contributed by atoms with Gasteiger partial charge in [-0.25, -0.2) is 0 Å². The van der Waals surface area contributed by atoms with E-state index in [2.05, 4.69) is 6.58 Å². The highest BCUT2D eigenvalue weighted by atomic mass is 16.6. The molecular formula is C6H13BO2. The summed E-state index contributed by atoms with van der Waals surface area (Å²) in [5.74, 6) is 0.250. The molecule has 0 aliphatic heterocycles. The second kappa shape index (κ2) is 4.59. The Kier molecular flexibility index (Phi) is 4.45. The van der Waals surface area contributed by atoms with E-state index in [-0.39, 0.29) is 12.9 Å². The molecule has 1 unspecified atom stereocenters. The molecule has 2 nitrogen and oxygen atoms in total. The third kappa shape index (κ3) is 2.68. The molecule has 1 atom stereocenters. The van der Waals surface area contributed by atoms with E-state index in [4.69, 9.17) is 9.31 Å². The summed E-state index contributed by atoms with van der Waals surface area (Å²) in [5, 5.41) is 0. The molecule has 0 spiro atoms. The van der Waals surface area contributed by atoms with Gasteiger partial charge in [0, 0.05) is 20.0 Å². The van der Waals surface area contributed by atoms with Crippen LogP contribution in [0.1, 0.15) is 6.92 Å². The molecule has 0 bridgehead atoms. The lowest BCUT2D eigenvalue weighted by Gasteiger charge is -2.11. The summed E-state index contributed by atoms with van der Waals surface area (Å²) in [7, 11) is 3.09. The van der Waals surface area contributed by atoms with Gasteiger partial charge in [-0.15, -0.1) is 6.58 Å². The Hall–Kier alpha value is -0.275. The predicted molar refractivity (Wildman–Crippen MR) is 39.4 cm³/mol. The summed E-state index contributed by atoms with van der Waals surface area (Å²) in [6.07, 6.45) is 1.80. The summed E-state index contributed by atoms with van der Waals surface area (Å²) in [6.45, 7) is 5.61. The first kappa shape index (κ1) is 8.72. The molecule has 9 heavy (non-hydrogen) atoms. The SMILES string of the molecule is C=CC(C)B(OC)OC. The van der Waals surface area contributed by atoms with Crippen LogP contribution in [-0.4, -0.2) is 21.3 Å². The highest BCUT2D eigenvalue weighted by molar-refractivity contribution is 6.46. The number of rotatable bonds is 4. The molecule has 3 heteroatoms. The van der Waals surface area contributed by atoms with Crippen LogP contribution < -0.4 is 0 Å². The van der Waals surface area contributed by atoms with Crippen LogP contribution >= 0.6 is 0 Å². The topological polar surface area (TPSA) is 18.5 Å². The van der Waals surface area contributed by atoms with E-state index in [0.717, 1.165) is 0 Å². The second-order valence-corrected chi connectivity index (χ2v) is 1.93. The molecule has 0 radical (unpaired) electrons. The molecule has 0 N–H and O–H groups in total. The molecule has 0 aromatic rings. The van der Waals surface area contributed by atoms with Gasteiger partial charge >= 0.3 is 7.12 Å². The molecule has 0 aliphatic carbocycles. The van der Waals surface area contributed by atoms with Gasteiger partial charge < -0.3 is 9.31 Å². The Morgan fingerprint density at radius 3 is 2.00 bits per heavy atom. The number of hydrogen-bond acceptors (Lipinski definition) is 2. The van der Waals surface area contributed by atoms with Crippen molar-refractivity contribution in [2.45, 2.75) is 12.7 Å². The van der Waals surface area contributed by atoms with Crippen LogP contribution in [0.15, 0.2) is 12.7 Å². The average Bonchev–Trinajstić information content (AvgIpc) is 1.90. The van der Waals surface area contributed by atoms with E-state index < -0.39 is 0 Å². The van der Waals surface area contributed by atoms with E-state index in [9.17, 15) is 0 Å². The fourth-order valence-electron chi connectivity index (χ4n) is 0.637. The maximum Gasteiger partial charge on any atom is 0.463 e. The monoisotopic (exact) mass is 128 g/mol. The Bertz CT molecular complexity index is 81.1. The zero-order chi connectivity index (χ0) is 7.28. The average molecular weight is 128 g/mol. The lowest BCUT2D eigenvalue weighted by atomic mass is 9.73. The maximum absolute atomic E-state index is 4.96. The maximum atomic E-state index is 4.96. The lowest BCUT2D eigenvalue weighted by molar-refractivity contribution is 0.272. The molecule has 0 heterocycles. The third-order valence-corrected chi connectivity index (χ3v) is 1.27. The van der Waals surface area contributed by atoms with Gasteiger partial charge in [-0.2, -0.15) is 0 Å². The molecule has 52 valence electrons. The van der Waals surface area contributed by atoms with E-state index in [0.29, 0.717) is 0 Å². The van der Waals surface area contributed by atoms with Crippen LogP contribution in [0.2, 0.25) is 5.82 Å². The van der Waals surface area contributed by atoms with Crippen LogP contribution in [0.4, 0.5) is 0 Å². The first-order valence-electron chi connectivity index (χ1n) is 2.94. The summed E-state index contributed by atoms with van der Waals surface area (Å²) in [6, 6.07) is 0. The largest absolute Gasteiger partial charge is 0.463 e. The predicted octanol–water partition coefficient (Wildman–Crippen LogP) is 1.34. The highest BCUT2D eigenvalue weighted by Crippen LogP contribution is 2.09. The van der Waals surface area contributed by atoms with Gasteiger partial charge in [-0.1, -0.05) is 13.0 Å². The van der Waals surface area contributed by atoms with Crippen molar-refractivity contribution < 1.29 is 9.31 Å². The number of hydrogen-bond donors (Lipinski definition) is 0. The highest BCUT2D eigenvalue weighted by Gasteiger charge is 2.20. The number of allylic oxidation sites excluding steroid dienone is 1. The minimum absolute atomic E-state index is 0.150. The smallest absolute Gasteiger partial charge is 0.414 e. The standard InChI is InChI=1S/C6H13BO2/c1-5-6(2)7(8-3)9-4/h5-6H,1H2,2-4H3. The zero-order valence-corrected chi connectivity index (χ0v) is 6.26. The van der Waals surface area contributed by atoms with Gasteiger partial charge in [-0.3, -0.25) is 0 Å². The minimum atomic E-state index is -0.150. The van der Waals surface area contributed by atoms with Crippen LogP contribution in [0, 0.1) is 0 Å². The fourth-order valence-corrected chi connectivity index (χ4v) is 0.637. The van der Waals surface area contributed by atoms with Crippen molar-refractivity contribution in [3.63, 3.8) is 0 Å². The first-order chi connectivity index (χ1) is 4.26. The Balaban J connectivity index is 3.63.